The molecule has 1 heterocycles. The average molecular weight is 255 g/mol. The highest BCUT2D eigenvalue weighted by molar-refractivity contribution is 5.83. The lowest BCUT2D eigenvalue weighted by Gasteiger charge is -2.05. The van der Waals surface area contributed by atoms with E-state index >= 15 is 0 Å². The van der Waals surface area contributed by atoms with E-state index in [1.165, 1.54) is 10.9 Å². The number of nitrogens with zero attached hydrogens (tertiary/aromatic N) is 1. The molecule has 4 heteroatoms. The number of nitrogens with one attached hydrogen (secondary N) is 2. The molecule has 1 unspecified atom stereocenters. The molecule has 1 aromatic heterocycles. The summed E-state index contributed by atoms with van der Waals surface area (Å²) in [6.07, 6.45) is 3.04. The van der Waals surface area contributed by atoms with Crippen molar-refractivity contribution in [2.45, 2.75) is 19.8 Å². The van der Waals surface area contributed by atoms with Gasteiger partial charge in [0.25, 0.3) is 0 Å². The Balaban J connectivity index is 1.86. The van der Waals surface area contributed by atoms with Crippen molar-refractivity contribution in [3.05, 3.63) is 36.0 Å². The Morgan fingerprint density at radius 2 is 2.26 bits per heavy atom. The molecule has 0 fully saturated rings. The normalized spacial score (nSPS) is 12.0. The third-order valence-electron chi connectivity index (χ3n) is 3.10. The largest absolute Gasteiger partial charge is 0.361 e. The van der Waals surface area contributed by atoms with Gasteiger partial charge in [-0.25, -0.2) is 0 Å². The zero-order chi connectivity index (χ0) is 13.7. The van der Waals surface area contributed by atoms with Crippen molar-refractivity contribution in [3.63, 3.8) is 0 Å². The monoisotopic (exact) mass is 255 g/mol. The van der Waals surface area contributed by atoms with Gasteiger partial charge >= 0.3 is 0 Å². The predicted molar refractivity (Wildman–Crippen MR) is 74.4 cm³/mol. The number of hydrogen-bond donors (Lipinski definition) is 2. The Morgan fingerprint density at radius 3 is 3.05 bits per heavy atom. The first-order valence-electron chi connectivity index (χ1n) is 6.42. The molecule has 0 saturated carbocycles. The number of benzene rings is 1. The van der Waals surface area contributed by atoms with Gasteiger partial charge in [-0.15, -0.1) is 0 Å². The summed E-state index contributed by atoms with van der Waals surface area (Å²) >= 11 is 0. The van der Waals surface area contributed by atoms with E-state index in [1.807, 2.05) is 24.4 Å². The van der Waals surface area contributed by atoms with Gasteiger partial charge in [-0.1, -0.05) is 18.2 Å². The minimum absolute atomic E-state index is 0.0612. The van der Waals surface area contributed by atoms with E-state index in [0.717, 1.165) is 11.9 Å². The molecule has 98 valence electrons. The second-order valence-electron chi connectivity index (χ2n) is 4.69. The molecule has 0 aliphatic carbocycles. The van der Waals surface area contributed by atoms with E-state index in [9.17, 15) is 4.79 Å². The molecule has 2 aromatic rings. The SMILES string of the molecule is CC(C#N)CC(=O)NCCc1c[nH]c2ccccc12. The quantitative estimate of drug-likeness (QED) is 0.861. The van der Waals surface area contributed by atoms with E-state index in [1.54, 1.807) is 6.92 Å². The number of amides is 1. The second-order valence-corrected chi connectivity index (χ2v) is 4.69. The smallest absolute Gasteiger partial charge is 0.221 e. The fraction of sp³-hybridized carbons (Fsp3) is 0.333. The Morgan fingerprint density at radius 1 is 1.47 bits per heavy atom. The lowest BCUT2D eigenvalue weighted by molar-refractivity contribution is -0.121. The van der Waals surface area contributed by atoms with E-state index in [2.05, 4.69) is 22.4 Å². The number of aromatic amines is 1. The van der Waals surface area contributed by atoms with Crippen LogP contribution in [0.25, 0.3) is 10.9 Å². The minimum Gasteiger partial charge on any atom is -0.361 e. The van der Waals surface area contributed by atoms with Crippen LogP contribution < -0.4 is 5.32 Å². The molecule has 0 bridgehead atoms. The van der Waals surface area contributed by atoms with Crippen LogP contribution in [0.4, 0.5) is 0 Å². The summed E-state index contributed by atoms with van der Waals surface area (Å²) in [4.78, 5) is 14.7. The molecule has 2 rings (SSSR count). The van der Waals surface area contributed by atoms with Crippen LogP contribution in [0.1, 0.15) is 18.9 Å². The van der Waals surface area contributed by atoms with Crippen LogP contribution in [0.5, 0.6) is 0 Å². The number of carbonyl (C=O) groups excluding carboxylic acids is 1. The maximum absolute atomic E-state index is 11.5. The molecule has 0 aliphatic rings. The molecule has 1 atom stereocenters. The first-order valence-corrected chi connectivity index (χ1v) is 6.42. The van der Waals surface area contributed by atoms with Gasteiger partial charge in [0.15, 0.2) is 0 Å². The molecule has 0 saturated heterocycles. The van der Waals surface area contributed by atoms with Crippen molar-refractivity contribution in [3.8, 4) is 6.07 Å². The van der Waals surface area contributed by atoms with E-state index < -0.39 is 0 Å². The summed E-state index contributed by atoms with van der Waals surface area (Å²) in [7, 11) is 0. The first kappa shape index (κ1) is 13.2. The highest BCUT2D eigenvalue weighted by atomic mass is 16.1. The van der Waals surface area contributed by atoms with Crippen LogP contribution in [0.3, 0.4) is 0 Å². The van der Waals surface area contributed by atoms with Gasteiger partial charge < -0.3 is 10.3 Å². The summed E-state index contributed by atoms with van der Waals surface area (Å²) < 4.78 is 0. The van der Waals surface area contributed by atoms with Crippen molar-refractivity contribution >= 4 is 16.8 Å². The topological polar surface area (TPSA) is 68.7 Å². The molecule has 1 amide bonds. The predicted octanol–water partition coefficient (Wildman–Crippen LogP) is 2.38. The summed E-state index contributed by atoms with van der Waals surface area (Å²) in [5.74, 6) is -0.290. The maximum Gasteiger partial charge on any atom is 0.221 e. The molecule has 0 aliphatic heterocycles. The van der Waals surface area contributed by atoms with E-state index in [4.69, 9.17) is 5.26 Å². The van der Waals surface area contributed by atoms with Crippen molar-refractivity contribution in [2.24, 2.45) is 5.92 Å². The number of aromatic nitrogens is 1. The standard InChI is InChI=1S/C15H17N3O/c1-11(9-16)8-15(19)17-7-6-12-10-18-14-5-3-2-4-13(12)14/h2-5,10-11,18H,6-8H2,1H3,(H,17,19). The fourth-order valence-corrected chi connectivity index (χ4v) is 2.07. The van der Waals surface area contributed by atoms with Crippen molar-refractivity contribution in [2.75, 3.05) is 6.54 Å². The van der Waals surface area contributed by atoms with Crippen molar-refractivity contribution in [1.29, 1.82) is 5.26 Å². The molecule has 1 aromatic carbocycles. The summed E-state index contributed by atoms with van der Waals surface area (Å²) in [6.45, 7) is 2.35. The Hall–Kier alpha value is -2.28. The molecule has 2 N–H and O–H groups in total. The number of hydrogen-bond acceptors (Lipinski definition) is 2. The maximum atomic E-state index is 11.5. The van der Waals surface area contributed by atoms with Gasteiger partial charge in [0.1, 0.15) is 0 Å². The van der Waals surface area contributed by atoms with Gasteiger partial charge in [-0.05, 0) is 25.0 Å². The van der Waals surface area contributed by atoms with Crippen LogP contribution in [0.2, 0.25) is 0 Å². The summed E-state index contributed by atoms with van der Waals surface area (Å²) in [5.41, 5.74) is 2.31. The number of fused-ring (bicyclic) bond motifs is 1. The van der Waals surface area contributed by atoms with Crippen molar-refractivity contribution < 1.29 is 4.79 Å². The Bertz CT molecular complexity index is 609. The Labute approximate surface area is 112 Å². The third-order valence-corrected chi connectivity index (χ3v) is 3.10. The lowest BCUT2D eigenvalue weighted by Crippen LogP contribution is -2.26. The highest BCUT2D eigenvalue weighted by Gasteiger charge is 2.08. The zero-order valence-corrected chi connectivity index (χ0v) is 10.9. The molecule has 0 radical (unpaired) electrons. The summed E-state index contributed by atoms with van der Waals surface area (Å²) in [5, 5.41) is 12.7. The Kier molecular flexibility index (Phi) is 4.19. The number of nitriles is 1. The zero-order valence-electron chi connectivity index (χ0n) is 10.9. The van der Waals surface area contributed by atoms with Crippen LogP contribution in [-0.4, -0.2) is 17.4 Å². The summed E-state index contributed by atoms with van der Waals surface area (Å²) in [6, 6.07) is 10.2. The number of carbonyl (C=O) groups is 1. The fourth-order valence-electron chi connectivity index (χ4n) is 2.07. The van der Waals surface area contributed by atoms with Gasteiger partial charge in [0.05, 0.1) is 12.0 Å². The van der Waals surface area contributed by atoms with Gasteiger partial charge in [-0.3, -0.25) is 4.79 Å². The van der Waals surface area contributed by atoms with Crippen LogP contribution >= 0.6 is 0 Å². The first-order chi connectivity index (χ1) is 9.20. The van der Waals surface area contributed by atoms with Gasteiger partial charge in [0, 0.05) is 30.1 Å². The number of rotatable bonds is 5. The number of H-pyrrole nitrogens is 1. The molecule has 0 spiro atoms. The second kappa shape index (κ2) is 6.05. The average Bonchev–Trinajstić information content (AvgIpc) is 2.82. The minimum atomic E-state index is -0.229. The van der Waals surface area contributed by atoms with Crippen LogP contribution in [-0.2, 0) is 11.2 Å². The van der Waals surface area contributed by atoms with Crippen LogP contribution in [0.15, 0.2) is 30.5 Å². The van der Waals surface area contributed by atoms with Crippen molar-refractivity contribution in [1.82, 2.24) is 10.3 Å². The van der Waals surface area contributed by atoms with E-state index in [0.29, 0.717) is 6.54 Å². The number of para-hydroxylation sites is 1. The molecular weight excluding hydrogens is 238 g/mol. The van der Waals surface area contributed by atoms with Gasteiger partial charge in [0.2, 0.25) is 5.91 Å². The van der Waals surface area contributed by atoms with E-state index in [-0.39, 0.29) is 18.2 Å². The third kappa shape index (κ3) is 3.35. The van der Waals surface area contributed by atoms with Gasteiger partial charge in [-0.2, -0.15) is 5.26 Å². The van der Waals surface area contributed by atoms with Crippen LogP contribution in [0, 0.1) is 17.2 Å². The highest BCUT2D eigenvalue weighted by Crippen LogP contribution is 2.17. The molecule has 19 heavy (non-hydrogen) atoms. The molecular formula is C15H17N3O. The molecule has 4 nitrogen and oxygen atoms in total. The lowest BCUT2D eigenvalue weighted by atomic mass is 10.1.